The molecule has 23 heavy (non-hydrogen) atoms. The number of aromatic nitrogens is 1. The van der Waals surface area contributed by atoms with Crippen LogP contribution in [0.25, 0.3) is 4.85 Å². The minimum atomic E-state index is -0.602. The van der Waals surface area contributed by atoms with E-state index in [1.807, 2.05) is 0 Å². The summed E-state index contributed by atoms with van der Waals surface area (Å²) in [6.45, 7) is 13.5. The highest BCUT2D eigenvalue weighted by atomic mass is 16.6. The number of amides is 1. The molecule has 0 saturated carbocycles. The fourth-order valence-corrected chi connectivity index (χ4v) is 2.49. The van der Waals surface area contributed by atoms with E-state index in [-0.39, 0.29) is 23.6 Å². The van der Waals surface area contributed by atoms with Crippen molar-refractivity contribution in [1.82, 2.24) is 9.47 Å². The zero-order valence-electron chi connectivity index (χ0n) is 13.7. The third-order valence-electron chi connectivity index (χ3n) is 3.46. The third-order valence-corrected chi connectivity index (χ3v) is 3.46. The molecule has 8 nitrogen and oxygen atoms in total. The second-order valence-corrected chi connectivity index (χ2v) is 6.21. The second kappa shape index (κ2) is 5.83. The Kier molecular flexibility index (Phi) is 4.23. The van der Waals surface area contributed by atoms with Crippen molar-refractivity contribution < 1.29 is 19.1 Å². The lowest BCUT2D eigenvalue weighted by Gasteiger charge is -2.31. The van der Waals surface area contributed by atoms with Crippen molar-refractivity contribution in [3.05, 3.63) is 22.8 Å². The van der Waals surface area contributed by atoms with Crippen molar-refractivity contribution in [3.8, 4) is 0 Å². The number of carbonyl (C=O) groups excluding carboxylic acids is 2. The van der Waals surface area contributed by atoms with Crippen molar-refractivity contribution in [2.24, 2.45) is 0 Å². The molecule has 0 bridgehead atoms. The molecule has 0 saturated heterocycles. The number of methoxy groups -OCH3 is 1. The van der Waals surface area contributed by atoms with E-state index < -0.39 is 17.7 Å². The van der Waals surface area contributed by atoms with E-state index >= 15 is 0 Å². The van der Waals surface area contributed by atoms with Crippen molar-refractivity contribution in [2.45, 2.75) is 39.5 Å². The standard InChI is InChI=1S/C15H20N4O4/c1-15(2,3)23-14(21)18-6-7-19-9(8-18)11(17-4)10(16)12(19)13(20)22-5/h6-8,16H2,1-3,5H3. The quantitative estimate of drug-likeness (QED) is 0.632. The molecule has 0 radical (unpaired) electrons. The maximum Gasteiger partial charge on any atom is 0.410 e. The molecule has 0 aliphatic carbocycles. The molecule has 1 aromatic rings. The Morgan fingerprint density at radius 1 is 1.30 bits per heavy atom. The molecule has 1 aromatic heterocycles. The van der Waals surface area contributed by atoms with Crippen LogP contribution in [-0.2, 0) is 22.6 Å². The molecule has 2 heterocycles. The average molecular weight is 320 g/mol. The van der Waals surface area contributed by atoms with Crippen LogP contribution in [-0.4, -0.2) is 40.8 Å². The van der Waals surface area contributed by atoms with Gasteiger partial charge in [0.05, 0.1) is 25.9 Å². The molecule has 0 atom stereocenters. The second-order valence-electron chi connectivity index (χ2n) is 6.21. The Morgan fingerprint density at radius 3 is 2.48 bits per heavy atom. The summed E-state index contributed by atoms with van der Waals surface area (Å²) >= 11 is 0. The average Bonchev–Trinajstić information content (AvgIpc) is 2.75. The highest BCUT2D eigenvalue weighted by Crippen LogP contribution is 2.37. The van der Waals surface area contributed by atoms with Crippen LogP contribution in [0.2, 0.25) is 0 Å². The number of nitrogen functional groups attached to an aromatic ring is 1. The maximum absolute atomic E-state index is 12.2. The molecule has 0 aromatic carbocycles. The number of anilines is 1. The summed E-state index contributed by atoms with van der Waals surface area (Å²) in [7, 11) is 1.26. The van der Waals surface area contributed by atoms with Crippen molar-refractivity contribution >= 4 is 23.4 Å². The van der Waals surface area contributed by atoms with Gasteiger partial charge in [0.25, 0.3) is 0 Å². The number of esters is 1. The molecule has 8 heteroatoms. The molecular weight excluding hydrogens is 300 g/mol. The topological polar surface area (TPSA) is 91.2 Å². The first kappa shape index (κ1) is 16.7. The number of hydrogen-bond donors (Lipinski definition) is 1. The van der Waals surface area contributed by atoms with Crippen LogP contribution in [0.15, 0.2) is 0 Å². The summed E-state index contributed by atoms with van der Waals surface area (Å²) in [4.78, 5) is 29.0. The zero-order chi connectivity index (χ0) is 17.4. The molecule has 2 N–H and O–H groups in total. The van der Waals surface area contributed by atoms with Crippen LogP contribution in [0.4, 0.5) is 16.2 Å². The predicted octanol–water partition coefficient (Wildman–Crippen LogP) is 2.16. The number of fused-ring (bicyclic) bond motifs is 1. The van der Waals surface area contributed by atoms with Gasteiger partial charge in [0.2, 0.25) is 5.69 Å². The Bertz CT molecular complexity index is 694. The SMILES string of the molecule is [C-]#[N+]c1c(N)c(C(=O)OC)n2c1CN(C(=O)OC(C)(C)C)CC2. The van der Waals surface area contributed by atoms with Gasteiger partial charge in [-0.1, -0.05) is 0 Å². The Balaban J connectivity index is 2.36. The van der Waals surface area contributed by atoms with Crippen LogP contribution in [0.3, 0.4) is 0 Å². The first-order chi connectivity index (χ1) is 10.7. The number of nitrogens with zero attached hydrogens (tertiary/aromatic N) is 3. The smallest absolute Gasteiger partial charge is 0.410 e. The number of rotatable bonds is 1. The van der Waals surface area contributed by atoms with Crippen LogP contribution in [0.5, 0.6) is 0 Å². The van der Waals surface area contributed by atoms with Crippen LogP contribution >= 0.6 is 0 Å². The molecule has 0 fully saturated rings. The molecular formula is C15H20N4O4. The van der Waals surface area contributed by atoms with Gasteiger partial charge in [0, 0.05) is 18.8 Å². The molecule has 1 aliphatic heterocycles. The summed E-state index contributed by atoms with van der Waals surface area (Å²) in [6, 6.07) is 0. The van der Waals surface area contributed by atoms with Gasteiger partial charge in [-0.25, -0.2) is 14.4 Å². The highest BCUT2D eigenvalue weighted by Gasteiger charge is 2.33. The van der Waals surface area contributed by atoms with E-state index in [0.29, 0.717) is 18.8 Å². The minimum absolute atomic E-state index is 0.0906. The maximum atomic E-state index is 12.2. The molecule has 0 unspecified atom stereocenters. The molecule has 1 aliphatic rings. The van der Waals surface area contributed by atoms with Gasteiger partial charge in [0.15, 0.2) is 0 Å². The summed E-state index contributed by atoms with van der Waals surface area (Å²) in [6.07, 6.45) is -0.459. The fraction of sp³-hybridized carbons (Fsp3) is 0.533. The minimum Gasteiger partial charge on any atom is -0.464 e. The Hall–Kier alpha value is -2.69. The van der Waals surface area contributed by atoms with Gasteiger partial charge in [-0.3, -0.25) is 0 Å². The molecule has 124 valence electrons. The van der Waals surface area contributed by atoms with Crippen molar-refractivity contribution in [3.63, 3.8) is 0 Å². The number of nitrogens with two attached hydrogens (primary N) is 1. The molecule has 2 rings (SSSR count). The van der Waals surface area contributed by atoms with Crippen LogP contribution in [0, 0.1) is 6.57 Å². The molecule has 1 amide bonds. The van der Waals surface area contributed by atoms with E-state index in [4.69, 9.17) is 21.8 Å². The van der Waals surface area contributed by atoms with Gasteiger partial charge < -0.3 is 24.7 Å². The van der Waals surface area contributed by atoms with E-state index in [1.165, 1.54) is 12.0 Å². The third kappa shape index (κ3) is 3.08. The Labute approximate surface area is 134 Å². The van der Waals surface area contributed by atoms with E-state index in [0.717, 1.165) is 0 Å². The normalized spacial score (nSPS) is 14.0. The van der Waals surface area contributed by atoms with Crippen LogP contribution in [0.1, 0.15) is 37.0 Å². The Morgan fingerprint density at radius 2 is 1.96 bits per heavy atom. The van der Waals surface area contributed by atoms with Gasteiger partial charge in [-0.15, -0.1) is 0 Å². The van der Waals surface area contributed by atoms with Gasteiger partial charge in [0.1, 0.15) is 11.3 Å². The first-order valence-electron chi connectivity index (χ1n) is 7.14. The first-order valence-corrected chi connectivity index (χ1v) is 7.14. The number of ether oxygens (including phenoxy) is 2. The van der Waals surface area contributed by atoms with E-state index in [2.05, 4.69) is 4.85 Å². The predicted molar refractivity (Wildman–Crippen MR) is 83.1 cm³/mol. The lowest BCUT2D eigenvalue weighted by molar-refractivity contribution is 0.0198. The number of carbonyl (C=O) groups is 2. The van der Waals surface area contributed by atoms with E-state index in [9.17, 15) is 9.59 Å². The zero-order valence-corrected chi connectivity index (χ0v) is 13.7. The van der Waals surface area contributed by atoms with Crippen molar-refractivity contribution in [2.75, 3.05) is 19.4 Å². The van der Waals surface area contributed by atoms with E-state index in [1.54, 1.807) is 25.3 Å². The van der Waals surface area contributed by atoms with Crippen LogP contribution < -0.4 is 5.73 Å². The number of hydrogen-bond acceptors (Lipinski definition) is 5. The summed E-state index contributed by atoms with van der Waals surface area (Å²) < 4.78 is 11.7. The summed E-state index contributed by atoms with van der Waals surface area (Å²) in [5, 5.41) is 0. The lowest BCUT2D eigenvalue weighted by atomic mass is 10.2. The monoisotopic (exact) mass is 320 g/mol. The summed E-state index contributed by atoms with van der Waals surface area (Å²) in [5.74, 6) is -0.593. The largest absolute Gasteiger partial charge is 0.464 e. The fourth-order valence-electron chi connectivity index (χ4n) is 2.49. The lowest BCUT2D eigenvalue weighted by Crippen LogP contribution is -2.41. The molecule has 0 spiro atoms. The highest BCUT2D eigenvalue weighted by molar-refractivity contribution is 5.98. The summed E-state index contributed by atoms with van der Waals surface area (Å²) in [5.41, 5.74) is 6.28. The van der Waals surface area contributed by atoms with Gasteiger partial charge in [-0.05, 0) is 20.8 Å². The van der Waals surface area contributed by atoms with Gasteiger partial charge in [-0.2, -0.15) is 0 Å². The van der Waals surface area contributed by atoms with Gasteiger partial charge >= 0.3 is 12.1 Å². The van der Waals surface area contributed by atoms with Crippen molar-refractivity contribution in [1.29, 1.82) is 0 Å².